The zero-order chi connectivity index (χ0) is 15.7. The predicted molar refractivity (Wildman–Crippen MR) is 84.2 cm³/mol. The van der Waals surface area contributed by atoms with E-state index in [2.05, 4.69) is 10.6 Å². The molecular weight excluding hydrogens is 315 g/mol. The van der Waals surface area contributed by atoms with Crippen molar-refractivity contribution in [2.24, 2.45) is 0 Å². The molecular formula is C14H18Cl2N2O3. The van der Waals surface area contributed by atoms with Gasteiger partial charge in [-0.05, 0) is 31.0 Å². The van der Waals surface area contributed by atoms with Gasteiger partial charge in [-0.2, -0.15) is 0 Å². The third-order valence-corrected chi connectivity index (χ3v) is 3.52. The smallest absolute Gasteiger partial charge is 0.319 e. The fourth-order valence-electron chi connectivity index (χ4n) is 1.71. The van der Waals surface area contributed by atoms with Gasteiger partial charge in [-0.1, -0.05) is 36.0 Å². The lowest BCUT2D eigenvalue weighted by Gasteiger charge is -2.08. The van der Waals surface area contributed by atoms with Crippen molar-refractivity contribution in [1.82, 2.24) is 5.32 Å². The van der Waals surface area contributed by atoms with Crippen LogP contribution in [-0.2, 0) is 4.79 Å². The number of anilines is 1. The quantitative estimate of drug-likeness (QED) is 0.625. The van der Waals surface area contributed by atoms with Crippen LogP contribution in [-0.4, -0.2) is 23.7 Å². The van der Waals surface area contributed by atoms with E-state index in [4.69, 9.17) is 28.3 Å². The van der Waals surface area contributed by atoms with Crippen molar-refractivity contribution in [2.45, 2.75) is 32.1 Å². The summed E-state index contributed by atoms with van der Waals surface area (Å²) in [4.78, 5) is 21.9. The first kappa shape index (κ1) is 17.6. The molecule has 1 rings (SSSR count). The Kier molecular flexibility index (Phi) is 7.93. The number of halogens is 2. The molecule has 5 nitrogen and oxygen atoms in total. The molecule has 0 aliphatic heterocycles. The average Bonchev–Trinajstić information content (AvgIpc) is 2.41. The van der Waals surface area contributed by atoms with Crippen molar-refractivity contribution in [2.75, 3.05) is 11.9 Å². The summed E-state index contributed by atoms with van der Waals surface area (Å²) in [6.07, 6.45) is 3.42. The highest BCUT2D eigenvalue weighted by Gasteiger charge is 2.03. The van der Waals surface area contributed by atoms with Crippen molar-refractivity contribution >= 4 is 40.9 Å². The Morgan fingerprint density at radius 2 is 1.76 bits per heavy atom. The highest BCUT2D eigenvalue weighted by molar-refractivity contribution is 6.42. The monoisotopic (exact) mass is 332 g/mol. The zero-order valence-electron chi connectivity index (χ0n) is 11.5. The van der Waals surface area contributed by atoms with Gasteiger partial charge in [-0.15, -0.1) is 0 Å². The highest BCUT2D eigenvalue weighted by Crippen LogP contribution is 2.24. The van der Waals surface area contributed by atoms with Crippen molar-refractivity contribution < 1.29 is 14.7 Å². The fourth-order valence-corrected chi connectivity index (χ4v) is 2.00. The topological polar surface area (TPSA) is 78.4 Å². The third-order valence-electron chi connectivity index (χ3n) is 2.78. The summed E-state index contributed by atoms with van der Waals surface area (Å²) in [7, 11) is 0. The van der Waals surface area contributed by atoms with Gasteiger partial charge in [0, 0.05) is 18.7 Å². The Labute approximate surface area is 133 Å². The number of hydrogen-bond acceptors (Lipinski definition) is 2. The molecule has 0 aromatic heterocycles. The average molecular weight is 333 g/mol. The van der Waals surface area contributed by atoms with Gasteiger partial charge < -0.3 is 15.7 Å². The number of hydrogen-bond donors (Lipinski definition) is 3. The van der Waals surface area contributed by atoms with Crippen LogP contribution in [0.2, 0.25) is 10.0 Å². The van der Waals surface area contributed by atoms with Crippen LogP contribution < -0.4 is 10.6 Å². The largest absolute Gasteiger partial charge is 0.481 e. The second-order valence-corrected chi connectivity index (χ2v) is 5.38. The van der Waals surface area contributed by atoms with E-state index in [-0.39, 0.29) is 12.5 Å². The molecule has 21 heavy (non-hydrogen) atoms. The van der Waals surface area contributed by atoms with Gasteiger partial charge in [0.15, 0.2) is 0 Å². The normalized spacial score (nSPS) is 10.2. The number of aliphatic carboxylic acids is 1. The minimum atomic E-state index is -0.769. The summed E-state index contributed by atoms with van der Waals surface area (Å²) >= 11 is 11.6. The molecule has 1 aromatic carbocycles. The van der Waals surface area contributed by atoms with Crippen LogP contribution in [0.3, 0.4) is 0 Å². The number of nitrogens with one attached hydrogen (secondary N) is 2. The van der Waals surface area contributed by atoms with E-state index in [1.807, 2.05) is 0 Å². The lowest BCUT2D eigenvalue weighted by atomic mass is 10.1. The number of carboxylic acids is 1. The van der Waals surface area contributed by atoms with Crippen molar-refractivity contribution in [3.05, 3.63) is 28.2 Å². The Morgan fingerprint density at radius 1 is 1.05 bits per heavy atom. The molecule has 2 amide bonds. The summed E-state index contributed by atoms with van der Waals surface area (Å²) in [6, 6.07) is 4.55. The maximum atomic E-state index is 11.6. The van der Waals surface area contributed by atoms with Crippen molar-refractivity contribution in [3.8, 4) is 0 Å². The maximum Gasteiger partial charge on any atom is 0.319 e. The maximum absolute atomic E-state index is 11.6. The predicted octanol–water partition coefficient (Wildman–Crippen LogP) is 4.15. The van der Waals surface area contributed by atoms with Gasteiger partial charge >= 0.3 is 12.0 Å². The number of benzene rings is 1. The van der Waals surface area contributed by atoms with Gasteiger partial charge in [0.25, 0.3) is 0 Å². The lowest BCUT2D eigenvalue weighted by molar-refractivity contribution is -0.137. The number of unbranched alkanes of at least 4 members (excludes halogenated alkanes) is 3. The number of carbonyl (C=O) groups excluding carboxylic acids is 1. The second-order valence-electron chi connectivity index (χ2n) is 4.57. The molecule has 0 aliphatic rings. The van der Waals surface area contributed by atoms with Gasteiger partial charge in [-0.25, -0.2) is 4.79 Å². The molecule has 0 spiro atoms. The Hall–Kier alpha value is -1.46. The molecule has 0 unspecified atom stereocenters. The summed E-state index contributed by atoms with van der Waals surface area (Å²) in [6.45, 7) is 0.542. The van der Waals surface area contributed by atoms with Crippen LogP contribution >= 0.6 is 23.2 Å². The summed E-state index contributed by atoms with van der Waals surface area (Å²) in [5.41, 5.74) is 0.573. The van der Waals surface area contributed by atoms with E-state index < -0.39 is 5.97 Å². The van der Waals surface area contributed by atoms with Gasteiger partial charge in [0.05, 0.1) is 10.0 Å². The number of amides is 2. The van der Waals surface area contributed by atoms with Crippen molar-refractivity contribution in [1.29, 1.82) is 0 Å². The molecule has 116 valence electrons. The number of carboxylic acid groups (broad SMARTS) is 1. The second kappa shape index (κ2) is 9.47. The lowest BCUT2D eigenvalue weighted by Crippen LogP contribution is -2.29. The number of urea groups is 1. The summed E-state index contributed by atoms with van der Waals surface area (Å²) in [5, 5.41) is 14.7. The van der Waals surface area contributed by atoms with E-state index in [1.54, 1.807) is 18.2 Å². The summed E-state index contributed by atoms with van der Waals surface area (Å²) in [5.74, 6) is -0.769. The molecule has 0 aliphatic carbocycles. The first-order valence-corrected chi connectivity index (χ1v) is 7.46. The molecule has 0 atom stereocenters. The molecule has 7 heteroatoms. The van der Waals surface area contributed by atoms with Crippen LogP contribution in [0.4, 0.5) is 10.5 Å². The fraction of sp³-hybridized carbons (Fsp3) is 0.429. The van der Waals surface area contributed by atoms with E-state index >= 15 is 0 Å². The number of carbonyl (C=O) groups is 2. The molecule has 0 radical (unpaired) electrons. The van der Waals surface area contributed by atoms with E-state index in [9.17, 15) is 9.59 Å². The summed E-state index contributed by atoms with van der Waals surface area (Å²) < 4.78 is 0. The standard InChI is InChI=1S/C14H18Cl2N2O3/c15-11-7-6-10(9-12(11)16)18-14(21)17-8-4-2-1-3-5-13(19)20/h6-7,9H,1-5,8H2,(H,19,20)(H2,17,18,21). The van der Waals surface area contributed by atoms with Crippen LogP contribution in [0.25, 0.3) is 0 Å². The SMILES string of the molecule is O=C(O)CCCCCCNC(=O)Nc1ccc(Cl)c(Cl)c1. The highest BCUT2D eigenvalue weighted by atomic mass is 35.5. The van der Waals surface area contributed by atoms with Gasteiger partial charge in [-0.3, -0.25) is 4.79 Å². The van der Waals surface area contributed by atoms with Crippen LogP contribution in [0.15, 0.2) is 18.2 Å². The molecule has 1 aromatic rings. The molecule has 0 fully saturated rings. The van der Waals surface area contributed by atoms with Gasteiger partial charge in [0.1, 0.15) is 0 Å². The van der Waals surface area contributed by atoms with Crippen molar-refractivity contribution in [3.63, 3.8) is 0 Å². The molecule has 0 bridgehead atoms. The van der Waals surface area contributed by atoms with Gasteiger partial charge in [0.2, 0.25) is 0 Å². The first-order chi connectivity index (χ1) is 9.99. The molecule has 3 N–H and O–H groups in total. The van der Waals surface area contributed by atoms with E-state index in [0.29, 0.717) is 28.7 Å². The Morgan fingerprint density at radius 3 is 2.43 bits per heavy atom. The van der Waals surface area contributed by atoms with E-state index in [0.717, 1.165) is 19.3 Å². The zero-order valence-corrected chi connectivity index (χ0v) is 13.0. The van der Waals surface area contributed by atoms with Crippen LogP contribution in [0, 0.1) is 0 Å². The van der Waals surface area contributed by atoms with E-state index in [1.165, 1.54) is 0 Å². The number of rotatable bonds is 8. The molecule has 0 heterocycles. The first-order valence-electron chi connectivity index (χ1n) is 6.70. The molecule has 0 saturated carbocycles. The van der Waals surface area contributed by atoms with Crippen LogP contribution in [0.1, 0.15) is 32.1 Å². The molecule has 0 saturated heterocycles. The minimum Gasteiger partial charge on any atom is -0.481 e. The Balaban J connectivity index is 2.14. The Bertz CT molecular complexity index is 495. The van der Waals surface area contributed by atoms with Crippen LogP contribution in [0.5, 0.6) is 0 Å². The minimum absolute atomic E-state index is 0.200. The third kappa shape index (κ3) is 7.78.